The maximum absolute atomic E-state index is 11.4. The summed E-state index contributed by atoms with van der Waals surface area (Å²) in [4.78, 5) is 21.9. The Labute approximate surface area is 74.4 Å². The molecule has 13 heavy (non-hydrogen) atoms. The molecule has 0 radical (unpaired) electrons. The molecule has 68 valence electrons. The molecule has 2 rings (SSSR count). The Morgan fingerprint density at radius 1 is 1.46 bits per heavy atom. The van der Waals surface area contributed by atoms with Crippen molar-refractivity contribution in [3.63, 3.8) is 0 Å². The van der Waals surface area contributed by atoms with Gasteiger partial charge in [0.15, 0.2) is 11.2 Å². The van der Waals surface area contributed by atoms with Gasteiger partial charge in [0.25, 0.3) is 5.56 Å². The molecule has 1 N–H and O–H groups in total. The van der Waals surface area contributed by atoms with Gasteiger partial charge in [-0.2, -0.15) is 0 Å². The van der Waals surface area contributed by atoms with E-state index in [0.29, 0.717) is 11.2 Å². The van der Waals surface area contributed by atoms with E-state index in [-0.39, 0.29) is 11.6 Å². The van der Waals surface area contributed by atoms with Crippen LogP contribution in [0.5, 0.6) is 0 Å². The molecule has 0 saturated carbocycles. The van der Waals surface area contributed by atoms with Gasteiger partial charge < -0.3 is 9.55 Å². The Morgan fingerprint density at radius 2 is 2.23 bits per heavy atom. The van der Waals surface area contributed by atoms with Gasteiger partial charge in [-0.3, -0.25) is 4.79 Å². The first-order chi connectivity index (χ1) is 6.20. The monoisotopic (exact) mass is 178 g/mol. The van der Waals surface area contributed by atoms with Crippen LogP contribution in [0.2, 0.25) is 0 Å². The van der Waals surface area contributed by atoms with Crippen LogP contribution in [0.15, 0.2) is 17.4 Å². The second kappa shape index (κ2) is 2.69. The van der Waals surface area contributed by atoms with Crippen molar-refractivity contribution in [3.05, 3.63) is 23.0 Å². The fourth-order valence-electron chi connectivity index (χ4n) is 1.28. The number of hydrogen-bond acceptors (Lipinski definition) is 3. The van der Waals surface area contributed by atoms with Gasteiger partial charge >= 0.3 is 0 Å². The second-order valence-electron chi connectivity index (χ2n) is 3.15. The molecule has 0 aromatic carbocycles. The highest BCUT2D eigenvalue weighted by atomic mass is 16.1. The predicted octanol–water partition coefficient (Wildman–Crippen LogP) is 0.700. The van der Waals surface area contributed by atoms with Gasteiger partial charge in [0, 0.05) is 6.04 Å². The molecule has 0 aliphatic rings. The highest BCUT2D eigenvalue weighted by Crippen LogP contribution is 2.10. The normalized spacial score (nSPS) is 11.3. The maximum Gasteiger partial charge on any atom is 0.276 e. The third-order valence-corrected chi connectivity index (χ3v) is 1.93. The Kier molecular flexibility index (Phi) is 1.65. The molecule has 0 unspecified atom stereocenters. The summed E-state index contributed by atoms with van der Waals surface area (Å²) in [7, 11) is 0. The van der Waals surface area contributed by atoms with Gasteiger partial charge in [0.05, 0.1) is 12.7 Å². The molecule has 0 bridgehead atoms. The smallest absolute Gasteiger partial charge is 0.276 e. The van der Waals surface area contributed by atoms with Crippen molar-refractivity contribution in [1.29, 1.82) is 0 Å². The minimum absolute atomic E-state index is 0.142. The number of rotatable bonds is 1. The molecule has 0 spiro atoms. The van der Waals surface area contributed by atoms with E-state index in [1.54, 1.807) is 10.9 Å². The molecule has 5 heteroatoms. The summed E-state index contributed by atoms with van der Waals surface area (Å²) in [5.74, 6) is 0. The first kappa shape index (κ1) is 7.97. The number of aromatic amines is 1. The quantitative estimate of drug-likeness (QED) is 0.699. The average Bonchev–Trinajstić information content (AvgIpc) is 2.49. The zero-order valence-corrected chi connectivity index (χ0v) is 7.48. The van der Waals surface area contributed by atoms with Crippen molar-refractivity contribution in [2.45, 2.75) is 19.9 Å². The third-order valence-electron chi connectivity index (χ3n) is 1.93. The highest BCUT2D eigenvalue weighted by molar-refractivity contribution is 5.68. The Balaban J connectivity index is 2.87. The van der Waals surface area contributed by atoms with Crippen molar-refractivity contribution in [2.75, 3.05) is 0 Å². The molecule has 0 atom stereocenters. The number of imidazole rings is 1. The molecule has 0 aliphatic heterocycles. The van der Waals surface area contributed by atoms with Crippen molar-refractivity contribution < 1.29 is 0 Å². The van der Waals surface area contributed by atoms with E-state index < -0.39 is 0 Å². The summed E-state index contributed by atoms with van der Waals surface area (Å²) >= 11 is 0. The molecule has 0 saturated heterocycles. The maximum atomic E-state index is 11.4. The van der Waals surface area contributed by atoms with Gasteiger partial charge in [-0.15, -0.1) is 0 Å². The van der Waals surface area contributed by atoms with Crippen molar-refractivity contribution in [1.82, 2.24) is 19.5 Å². The van der Waals surface area contributed by atoms with E-state index in [9.17, 15) is 4.79 Å². The zero-order chi connectivity index (χ0) is 9.42. The number of nitrogens with one attached hydrogen (secondary N) is 1. The molecular formula is C8H10N4O. The van der Waals surface area contributed by atoms with Gasteiger partial charge in [0.2, 0.25) is 0 Å². The van der Waals surface area contributed by atoms with Gasteiger partial charge in [-0.05, 0) is 13.8 Å². The number of hydrogen-bond donors (Lipinski definition) is 1. The Bertz CT molecular complexity index is 482. The van der Waals surface area contributed by atoms with Gasteiger partial charge in [-0.25, -0.2) is 9.97 Å². The van der Waals surface area contributed by atoms with Crippen LogP contribution < -0.4 is 5.56 Å². The summed E-state index contributed by atoms with van der Waals surface area (Å²) in [6.45, 7) is 3.99. The van der Waals surface area contributed by atoms with Crippen molar-refractivity contribution in [2.24, 2.45) is 0 Å². The number of aromatic nitrogens is 4. The van der Waals surface area contributed by atoms with Crippen LogP contribution in [0.3, 0.4) is 0 Å². The van der Waals surface area contributed by atoms with Crippen molar-refractivity contribution in [3.8, 4) is 0 Å². The summed E-state index contributed by atoms with van der Waals surface area (Å²) in [5.41, 5.74) is 0.895. The van der Waals surface area contributed by atoms with Crippen LogP contribution in [0.1, 0.15) is 19.9 Å². The standard InChI is InChI=1S/C8H10N4O/c1-5(2)12-4-11-7-6(12)8(13)10-3-9-7/h3-5H,1-2H3,(H,9,10,13). The van der Waals surface area contributed by atoms with E-state index in [4.69, 9.17) is 0 Å². The van der Waals surface area contributed by atoms with Crippen LogP contribution in [-0.4, -0.2) is 19.5 Å². The Hall–Kier alpha value is -1.65. The first-order valence-electron chi connectivity index (χ1n) is 4.10. The topological polar surface area (TPSA) is 63.6 Å². The van der Waals surface area contributed by atoms with Crippen LogP contribution in [-0.2, 0) is 0 Å². The lowest BCUT2D eigenvalue weighted by atomic mass is 10.4. The lowest BCUT2D eigenvalue weighted by molar-refractivity contribution is 0.615. The molecule has 5 nitrogen and oxygen atoms in total. The second-order valence-corrected chi connectivity index (χ2v) is 3.15. The average molecular weight is 178 g/mol. The lowest BCUT2D eigenvalue weighted by Gasteiger charge is -2.05. The fraction of sp³-hybridized carbons (Fsp3) is 0.375. The molecule has 2 heterocycles. The molecular weight excluding hydrogens is 168 g/mol. The number of fused-ring (bicyclic) bond motifs is 1. The third kappa shape index (κ3) is 1.12. The van der Waals surface area contributed by atoms with E-state index in [1.165, 1.54) is 6.33 Å². The molecule has 0 amide bonds. The molecule has 0 aliphatic carbocycles. The molecule has 0 fully saturated rings. The van der Waals surface area contributed by atoms with E-state index in [0.717, 1.165) is 0 Å². The fourth-order valence-corrected chi connectivity index (χ4v) is 1.28. The van der Waals surface area contributed by atoms with Gasteiger partial charge in [0.1, 0.15) is 0 Å². The summed E-state index contributed by atoms with van der Waals surface area (Å²) in [5, 5.41) is 0. The van der Waals surface area contributed by atoms with E-state index in [1.807, 2.05) is 13.8 Å². The summed E-state index contributed by atoms with van der Waals surface area (Å²) in [6, 6.07) is 0.218. The molecule has 2 aromatic rings. The van der Waals surface area contributed by atoms with Crippen molar-refractivity contribution >= 4 is 11.2 Å². The minimum Gasteiger partial charge on any atom is -0.322 e. The largest absolute Gasteiger partial charge is 0.322 e. The number of nitrogens with zero attached hydrogens (tertiary/aromatic N) is 3. The summed E-state index contributed by atoms with van der Waals surface area (Å²) < 4.78 is 1.81. The highest BCUT2D eigenvalue weighted by Gasteiger charge is 2.08. The zero-order valence-electron chi connectivity index (χ0n) is 7.48. The first-order valence-corrected chi connectivity index (χ1v) is 4.10. The SMILES string of the molecule is CC(C)n1cnc2nc[nH]c(=O)c21. The van der Waals surface area contributed by atoms with Crippen LogP contribution in [0.25, 0.3) is 11.2 Å². The van der Waals surface area contributed by atoms with E-state index in [2.05, 4.69) is 15.0 Å². The molecule has 2 aromatic heterocycles. The van der Waals surface area contributed by atoms with Crippen LogP contribution in [0.4, 0.5) is 0 Å². The van der Waals surface area contributed by atoms with Crippen LogP contribution >= 0.6 is 0 Å². The predicted molar refractivity (Wildman–Crippen MR) is 48.5 cm³/mol. The minimum atomic E-state index is -0.142. The van der Waals surface area contributed by atoms with Gasteiger partial charge in [-0.1, -0.05) is 0 Å². The number of H-pyrrole nitrogens is 1. The van der Waals surface area contributed by atoms with E-state index >= 15 is 0 Å². The Morgan fingerprint density at radius 3 is 2.92 bits per heavy atom. The lowest BCUT2D eigenvalue weighted by Crippen LogP contribution is -2.12. The van der Waals surface area contributed by atoms with Crippen LogP contribution in [0, 0.1) is 0 Å². The summed E-state index contributed by atoms with van der Waals surface area (Å²) in [6.07, 6.45) is 3.00.